The third-order valence-electron chi connectivity index (χ3n) is 4.48. The highest BCUT2D eigenvalue weighted by Gasteiger charge is 2.24. The Kier molecular flexibility index (Phi) is 13.9. The fourth-order valence-electron chi connectivity index (χ4n) is 2.78. The van der Waals surface area contributed by atoms with Gasteiger partial charge in [0.15, 0.2) is 5.96 Å². The molecule has 1 saturated heterocycles. The Labute approximate surface area is 188 Å². The van der Waals surface area contributed by atoms with Crippen LogP contribution in [0.5, 0.6) is 0 Å². The molecule has 1 rings (SSSR count). The van der Waals surface area contributed by atoms with Gasteiger partial charge in [0.2, 0.25) is 10.0 Å². The van der Waals surface area contributed by atoms with Crippen LogP contribution in [0.4, 0.5) is 0 Å². The molecule has 0 bridgehead atoms. The molecule has 0 spiro atoms. The van der Waals surface area contributed by atoms with Crippen LogP contribution in [-0.4, -0.2) is 72.2 Å². The Hall–Kier alpha value is -0.170. The van der Waals surface area contributed by atoms with E-state index in [1.807, 2.05) is 6.92 Å². The van der Waals surface area contributed by atoms with Crippen molar-refractivity contribution in [2.24, 2.45) is 10.4 Å². The summed E-state index contributed by atoms with van der Waals surface area (Å²) >= 11 is 0. The minimum Gasteiger partial charge on any atom is -0.379 e. The van der Waals surface area contributed by atoms with Crippen molar-refractivity contribution in [3.63, 3.8) is 0 Å². The van der Waals surface area contributed by atoms with E-state index in [2.05, 4.69) is 41.1 Å². The zero-order chi connectivity index (χ0) is 20.3. The van der Waals surface area contributed by atoms with Crippen molar-refractivity contribution in [1.82, 2.24) is 15.4 Å². The molecule has 1 aliphatic rings. The molecule has 1 fully saturated rings. The van der Waals surface area contributed by atoms with Gasteiger partial charge in [0.1, 0.15) is 0 Å². The molecule has 0 amide bonds. The van der Waals surface area contributed by atoms with Crippen LogP contribution in [0.3, 0.4) is 0 Å². The van der Waals surface area contributed by atoms with E-state index in [9.17, 15) is 8.42 Å². The van der Waals surface area contributed by atoms with Crippen molar-refractivity contribution in [3.8, 4) is 0 Å². The number of rotatable bonds is 10. The van der Waals surface area contributed by atoms with E-state index in [0.29, 0.717) is 32.2 Å². The van der Waals surface area contributed by atoms with E-state index in [1.165, 1.54) is 0 Å². The summed E-state index contributed by atoms with van der Waals surface area (Å²) in [5.41, 5.74) is -0.0238. The Morgan fingerprint density at radius 3 is 2.54 bits per heavy atom. The Morgan fingerprint density at radius 1 is 1.29 bits per heavy atom. The molecular formula is C18H39IN4O4S. The van der Waals surface area contributed by atoms with E-state index in [-0.39, 0.29) is 53.9 Å². The molecule has 168 valence electrons. The summed E-state index contributed by atoms with van der Waals surface area (Å²) in [5.74, 6) is 0.575. The summed E-state index contributed by atoms with van der Waals surface area (Å²) in [6.07, 6.45) is 3.02. The maximum absolute atomic E-state index is 12.2. The summed E-state index contributed by atoms with van der Waals surface area (Å²) in [6.45, 7) is 10.8. The molecule has 0 aromatic carbocycles. The molecule has 2 atom stereocenters. The van der Waals surface area contributed by atoms with Gasteiger partial charge < -0.3 is 20.1 Å². The average molecular weight is 535 g/mol. The van der Waals surface area contributed by atoms with Crippen molar-refractivity contribution < 1.29 is 17.9 Å². The van der Waals surface area contributed by atoms with Crippen LogP contribution in [0.25, 0.3) is 0 Å². The number of nitrogens with zero attached hydrogens (tertiary/aromatic N) is 1. The minimum absolute atomic E-state index is 0. The number of hydrogen-bond donors (Lipinski definition) is 3. The molecule has 2 unspecified atom stereocenters. The van der Waals surface area contributed by atoms with Crippen molar-refractivity contribution >= 4 is 40.0 Å². The third-order valence-corrected chi connectivity index (χ3v) is 5.83. The first-order valence-corrected chi connectivity index (χ1v) is 11.5. The standard InChI is InChI=1S/C18H38N4O4S.HI/c1-6-19-17(21-14-16(25-5)18(2,3)4)20-10-12-27(23,24)22-13-15-9-7-8-11-26-15;/h15-16,22H,6-14H2,1-5H3,(H2,19,20,21);1H. The summed E-state index contributed by atoms with van der Waals surface area (Å²) in [7, 11) is -1.67. The molecule has 8 nitrogen and oxygen atoms in total. The zero-order valence-corrected chi connectivity index (χ0v) is 21.1. The first kappa shape index (κ1) is 27.8. The maximum Gasteiger partial charge on any atom is 0.213 e. The lowest BCUT2D eigenvalue weighted by Crippen LogP contribution is -2.43. The predicted octanol–water partition coefficient (Wildman–Crippen LogP) is 1.71. The van der Waals surface area contributed by atoms with Gasteiger partial charge in [0.05, 0.1) is 24.5 Å². The molecule has 3 N–H and O–H groups in total. The zero-order valence-electron chi connectivity index (χ0n) is 17.9. The lowest BCUT2D eigenvalue weighted by molar-refractivity contribution is 0.0200. The topological polar surface area (TPSA) is 101 Å². The van der Waals surface area contributed by atoms with Crippen LogP contribution in [0.15, 0.2) is 4.99 Å². The van der Waals surface area contributed by atoms with Gasteiger partial charge >= 0.3 is 0 Å². The molecule has 0 radical (unpaired) electrons. The second kappa shape index (κ2) is 13.9. The third kappa shape index (κ3) is 11.7. The molecular weight excluding hydrogens is 495 g/mol. The molecule has 1 heterocycles. The Bertz CT molecular complexity index is 546. The Balaban J connectivity index is 0.00000729. The van der Waals surface area contributed by atoms with E-state index < -0.39 is 10.0 Å². The summed E-state index contributed by atoms with van der Waals surface area (Å²) in [4.78, 5) is 4.52. The highest BCUT2D eigenvalue weighted by atomic mass is 127. The van der Waals surface area contributed by atoms with Crippen molar-refractivity contribution in [3.05, 3.63) is 0 Å². The summed E-state index contributed by atoms with van der Waals surface area (Å²) in [5, 5.41) is 6.21. The molecule has 0 saturated carbocycles. The maximum atomic E-state index is 12.2. The molecule has 0 aromatic heterocycles. The van der Waals surface area contributed by atoms with Gasteiger partial charge in [0.25, 0.3) is 0 Å². The lowest BCUT2D eigenvalue weighted by Gasteiger charge is -2.28. The van der Waals surface area contributed by atoms with Crippen LogP contribution in [0.1, 0.15) is 47.0 Å². The number of sulfonamides is 1. The smallest absolute Gasteiger partial charge is 0.213 e. The average Bonchev–Trinajstić information content (AvgIpc) is 2.60. The number of halogens is 1. The highest BCUT2D eigenvalue weighted by Crippen LogP contribution is 2.21. The predicted molar refractivity (Wildman–Crippen MR) is 125 cm³/mol. The number of methoxy groups -OCH3 is 1. The second-order valence-corrected chi connectivity index (χ2v) is 9.82. The van der Waals surface area contributed by atoms with Crippen molar-refractivity contribution in [2.75, 3.05) is 45.6 Å². The van der Waals surface area contributed by atoms with Gasteiger partial charge in [-0.15, -0.1) is 24.0 Å². The first-order valence-electron chi connectivity index (χ1n) is 9.82. The molecule has 1 aliphatic heterocycles. The fraction of sp³-hybridized carbons (Fsp3) is 0.944. The van der Waals surface area contributed by atoms with Crippen LogP contribution < -0.4 is 15.4 Å². The number of aliphatic imine (C=N–C) groups is 1. The van der Waals surface area contributed by atoms with Crippen molar-refractivity contribution in [2.45, 2.75) is 59.2 Å². The number of nitrogens with one attached hydrogen (secondary N) is 3. The van der Waals surface area contributed by atoms with Crippen LogP contribution in [0.2, 0.25) is 0 Å². The van der Waals surface area contributed by atoms with Crippen LogP contribution in [0, 0.1) is 5.41 Å². The minimum atomic E-state index is -3.35. The number of ether oxygens (including phenoxy) is 2. The largest absolute Gasteiger partial charge is 0.379 e. The lowest BCUT2D eigenvalue weighted by atomic mass is 9.89. The van der Waals surface area contributed by atoms with E-state index in [1.54, 1.807) is 7.11 Å². The second-order valence-electron chi connectivity index (χ2n) is 7.89. The fourth-order valence-corrected chi connectivity index (χ4v) is 3.74. The van der Waals surface area contributed by atoms with Gasteiger partial charge in [0, 0.05) is 33.4 Å². The number of hydrogen-bond acceptors (Lipinski definition) is 5. The monoisotopic (exact) mass is 534 g/mol. The number of guanidine groups is 1. The molecule has 0 aromatic rings. The SMILES string of the molecule is CCNC(=NCC(OC)C(C)(C)C)NCCS(=O)(=O)NCC1CCCCO1.I. The van der Waals surface area contributed by atoms with Gasteiger partial charge in [-0.25, -0.2) is 13.1 Å². The normalized spacial score (nSPS) is 19.6. The molecule has 10 heteroatoms. The van der Waals surface area contributed by atoms with Gasteiger partial charge in [-0.1, -0.05) is 20.8 Å². The van der Waals surface area contributed by atoms with E-state index >= 15 is 0 Å². The van der Waals surface area contributed by atoms with Crippen LogP contribution in [-0.2, 0) is 19.5 Å². The van der Waals surface area contributed by atoms with E-state index in [0.717, 1.165) is 19.3 Å². The quantitative estimate of drug-likeness (QED) is 0.224. The highest BCUT2D eigenvalue weighted by molar-refractivity contribution is 14.0. The van der Waals surface area contributed by atoms with Crippen LogP contribution >= 0.6 is 24.0 Å². The molecule has 0 aliphatic carbocycles. The van der Waals surface area contributed by atoms with Crippen molar-refractivity contribution in [1.29, 1.82) is 0 Å². The van der Waals surface area contributed by atoms with Gasteiger partial charge in [-0.2, -0.15) is 0 Å². The van der Waals surface area contributed by atoms with Gasteiger partial charge in [-0.05, 0) is 31.6 Å². The summed E-state index contributed by atoms with van der Waals surface area (Å²) < 4.78 is 38.0. The first-order chi connectivity index (χ1) is 12.7. The molecule has 28 heavy (non-hydrogen) atoms. The van der Waals surface area contributed by atoms with E-state index in [4.69, 9.17) is 9.47 Å². The summed E-state index contributed by atoms with van der Waals surface area (Å²) in [6, 6.07) is 0. The Morgan fingerprint density at radius 2 is 2.00 bits per heavy atom. The van der Waals surface area contributed by atoms with Gasteiger partial charge in [-0.3, -0.25) is 4.99 Å².